The third kappa shape index (κ3) is 3.52. The number of nitrogens with zero attached hydrogens (tertiary/aromatic N) is 1. The fraction of sp³-hybridized carbons (Fsp3) is 0.348. The monoisotopic (exact) mass is 349 g/mol. The number of benzene rings is 2. The van der Waals surface area contributed by atoms with Gasteiger partial charge in [-0.1, -0.05) is 51.1 Å². The molecule has 2 aromatic carbocycles. The molecule has 0 bridgehead atoms. The minimum absolute atomic E-state index is 0.423. The van der Waals surface area contributed by atoms with Gasteiger partial charge in [-0.25, -0.2) is 0 Å². The number of fused-ring (bicyclic) bond motifs is 1. The second kappa shape index (κ2) is 7.77. The molecule has 3 aromatic rings. The van der Waals surface area contributed by atoms with Crippen molar-refractivity contribution in [2.45, 2.75) is 46.6 Å². The molecule has 0 radical (unpaired) electrons. The zero-order valence-electron chi connectivity index (χ0n) is 16.1. The fourth-order valence-corrected chi connectivity index (χ4v) is 3.52. The highest BCUT2D eigenvalue weighted by Crippen LogP contribution is 2.28. The highest BCUT2D eigenvalue weighted by molar-refractivity contribution is 5.99. The minimum atomic E-state index is 0.423. The zero-order chi connectivity index (χ0) is 18.7. The van der Waals surface area contributed by atoms with Gasteiger partial charge in [0.05, 0.1) is 12.1 Å². The number of ether oxygens (including phenoxy) is 1. The van der Waals surface area contributed by atoms with Gasteiger partial charge in [0.15, 0.2) is 6.29 Å². The molecule has 0 spiro atoms. The first kappa shape index (κ1) is 18.2. The quantitative estimate of drug-likeness (QED) is 0.525. The van der Waals surface area contributed by atoms with Crippen molar-refractivity contribution in [2.75, 3.05) is 6.61 Å². The number of aldehydes is 1. The average Bonchev–Trinajstić information content (AvgIpc) is 2.99. The van der Waals surface area contributed by atoms with Crippen molar-refractivity contribution in [3.63, 3.8) is 0 Å². The molecular formula is C23H27NO2. The largest absolute Gasteiger partial charge is 0.491 e. The van der Waals surface area contributed by atoms with Crippen LogP contribution in [-0.2, 0) is 13.0 Å². The van der Waals surface area contributed by atoms with Crippen molar-refractivity contribution in [1.82, 2.24) is 4.57 Å². The van der Waals surface area contributed by atoms with Crippen LogP contribution >= 0.6 is 0 Å². The number of hydrogen-bond donors (Lipinski definition) is 0. The summed E-state index contributed by atoms with van der Waals surface area (Å²) in [5, 5.41) is 1.03. The van der Waals surface area contributed by atoms with Gasteiger partial charge in [-0.05, 0) is 42.0 Å². The Morgan fingerprint density at radius 1 is 1.19 bits per heavy atom. The van der Waals surface area contributed by atoms with Gasteiger partial charge in [0.2, 0.25) is 0 Å². The standard InChI is InChI=1S/C23H27NO2/c1-5-18-7-6-8-21-19(15-25)14-24(23(18)21)11-12-26-22-13-17(4)9-10-20(22)16(2)3/h6-10,13-16H,5,11-12H2,1-4H3. The predicted octanol–water partition coefficient (Wildman–Crippen LogP) is 5.53. The van der Waals surface area contributed by atoms with Crippen molar-refractivity contribution in [3.05, 3.63) is 64.8 Å². The number of hydrogen-bond acceptors (Lipinski definition) is 2. The van der Waals surface area contributed by atoms with Crippen LogP contribution in [0, 0.1) is 6.92 Å². The summed E-state index contributed by atoms with van der Waals surface area (Å²) in [5.74, 6) is 1.38. The Kier molecular flexibility index (Phi) is 5.46. The van der Waals surface area contributed by atoms with Gasteiger partial charge in [-0.15, -0.1) is 0 Å². The summed E-state index contributed by atoms with van der Waals surface area (Å²) in [5.41, 5.74) is 5.58. The number of aryl methyl sites for hydroxylation is 2. The third-order valence-electron chi connectivity index (χ3n) is 4.90. The normalized spacial score (nSPS) is 11.3. The van der Waals surface area contributed by atoms with Crippen molar-refractivity contribution >= 4 is 17.2 Å². The lowest BCUT2D eigenvalue weighted by molar-refractivity contribution is 0.112. The molecule has 0 fully saturated rings. The third-order valence-corrected chi connectivity index (χ3v) is 4.90. The van der Waals surface area contributed by atoms with Crippen molar-refractivity contribution in [3.8, 4) is 5.75 Å². The number of aromatic nitrogens is 1. The van der Waals surface area contributed by atoms with Crippen LogP contribution in [0.5, 0.6) is 5.75 Å². The van der Waals surface area contributed by atoms with Crippen LogP contribution in [0.1, 0.15) is 53.7 Å². The molecule has 0 atom stereocenters. The lowest BCUT2D eigenvalue weighted by Gasteiger charge is -2.16. The summed E-state index contributed by atoms with van der Waals surface area (Å²) >= 11 is 0. The van der Waals surface area contributed by atoms with E-state index in [-0.39, 0.29) is 0 Å². The highest BCUT2D eigenvalue weighted by atomic mass is 16.5. The number of para-hydroxylation sites is 1. The molecule has 0 aliphatic rings. The summed E-state index contributed by atoms with van der Waals surface area (Å²) in [6, 6.07) is 12.6. The lowest BCUT2D eigenvalue weighted by Crippen LogP contribution is -2.09. The van der Waals surface area contributed by atoms with E-state index in [1.807, 2.05) is 18.3 Å². The molecule has 3 rings (SSSR count). The molecule has 1 heterocycles. The second-order valence-corrected chi connectivity index (χ2v) is 7.11. The predicted molar refractivity (Wildman–Crippen MR) is 107 cm³/mol. The summed E-state index contributed by atoms with van der Waals surface area (Å²) < 4.78 is 8.29. The second-order valence-electron chi connectivity index (χ2n) is 7.11. The SMILES string of the molecule is CCc1cccc2c(C=O)cn(CCOc3cc(C)ccc3C(C)C)c12. The zero-order valence-corrected chi connectivity index (χ0v) is 16.1. The molecular weight excluding hydrogens is 322 g/mol. The van der Waals surface area contributed by atoms with E-state index in [0.29, 0.717) is 19.1 Å². The van der Waals surface area contributed by atoms with E-state index >= 15 is 0 Å². The van der Waals surface area contributed by atoms with Gasteiger partial charge in [0, 0.05) is 17.1 Å². The van der Waals surface area contributed by atoms with E-state index < -0.39 is 0 Å². The molecule has 0 saturated carbocycles. The summed E-state index contributed by atoms with van der Waals surface area (Å²) in [6.45, 7) is 9.88. The maximum absolute atomic E-state index is 11.4. The Morgan fingerprint density at radius 3 is 2.69 bits per heavy atom. The molecule has 0 aliphatic carbocycles. The first-order valence-electron chi connectivity index (χ1n) is 9.34. The Morgan fingerprint density at radius 2 is 2.00 bits per heavy atom. The van der Waals surface area contributed by atoms with Gasteiger partial charge in [-0.3, -0.25) is 4.79 Å². The topological polar surface area (TPSA) is 31.2 Å². The molecule has 0 unspecified atom stereocenters. The number of carbonyl (C=O) groups excluding carboxylic acids is 1. The summed E-state index contributed by atoms with van der Waals surface area (Å²) in [7, 11) is 0. The fourth-order valence-electron chi connectivity index (χ4n) is 3.52. The van der Waals surface area contributed by atoms with Crippen LogP contribution in [-0.4, -0.2) is 17.5 Å². The lowest BCUT2D eigenvalue weighted by atomic mass is 10.0. The Hall–Kier alpha value is -2.55. The molecule has 0 aliphatic heterocycles. The molecule has 136 valence electrons. The van der Waals surface area contributed by atoms with E-state index in [0.717, 1.165) is 34.9 Å². The number of rotatable bonds is 7. The van der Waals surface area contributed by atoms with Crippen LogP contribution in [0.3, 0.4) is 0 Å². The maximum atomic E-state index is 11.4. The van der Waals surface area contributed by atoms with E-state index in [1.54, 1.807) is 0 Å². The van der Waals surface area contributed by atoms with Gasteiger partial charge < -0.3 is 9.30 Å². The Bertz CT molecular complexity index is 921. The molecule has 3 nitrogen and oxygen atoms in total. The molecule has 1 aromatic heterocycles. The Labute approximate surface area is 155 Å². The molecule has 3 heteroatoms. The van der Waals surface area contributed by atoms with E-state index in [9.17, 15) is 4.79 Å². The van der Waals surface area contributed by atoms with Crippen LogP contribution in [0.25, 0.3) is 10.9 Å². The van der Waals surface area contributed by atoms with Crippen molar-refractivity contribution in [2.24, 2.45) is 0 Å². The highest BCUT2D eigenvalue weighted by Gasteiger charge is 2.12. The van der Waals surface area contributed by atoms with Gasteiger partial charge in [0.25, 0.3) is 0 Å². The van der Waals surface area contributed by atoms with Crippen LogP contribution < -0.4 is 4.74 Å². The number of carbonyl (C=O) groups is 1. The van der Waals surface area contributed by atoms with Gasteiger partial charge in [0.1, 0.15) is 12.4 Å². The maximum Gasteiger partial charge on any atom is 0.152 e. The molecule has 26 heavy (non-hydrogen) atoms. The minimum Gasteiger partial charge on any atom is -0.491 e. The summed E-state index contributed by atoms with van der Waals surface area (Å²) in [6.07, 6.45) is 3.83. The van der Waals surface area contributed by atoms with Crippen LogP contribution in [0.15, 0.2) is 42.6 Å². The molecule has 0 saturated heterocycles. The van der Waals surface area contributed by atoms with E-state index in [2.05, 4.69) is 56.5 Å². The molecule has 0 amide bonds. The van der Waals surface area contributed by atoms with Crippen molar-refractivity contribution in [1.29, 1.82) is 0 Å². The summed E-state index contributed by atoms with van der Waals surface area (Å²) in [4.78, 5) is 11.4. The molecule has 0 N–H and O–H groups in total. The van der Waals surface area contributed by atoms with E-state index in [1.165, 1.54) is 16.7 Å². The average molecular weight is 349 g/mol. The van der Waals surface area contributed by atoms with E-state index in [4.69, 9.17) is 4.74 Å². The first-order chi connectivity index (χ1) is 12.5. The smallest absolute Gasteiger partial charge is 0.152 e. The van der Waals surface area contributed by atoms with Gasteiger partial charge >= 0.3 is 0 Å². The van der Waals surface area contributed by atoms with Gasteiger partial charge in [-0.2, -0.15) is 0 Å². The van der Waals surface area contributed by atoms with Crippen molar-refractivity contribution < 1.29 is 9.53 Å². The first-order valence-corrected chi connectivity index (χ1v) is 9.34. The Balaban J connectivity index is 1.85. The van der Waals surface area contributed by atoms with Crippen LogP contribution in [0.4, 0.5) is 0 Å². The van der Waals surface area contributed by atoms with Crippen LogP contribution in [0.2, 0.25) is 0 Å².